The maximum Gasteiger partial charge on any atom is 0.205 e. The van der Waals surface area contributed by atoms with E-state index in [1.165, 1.54) is 43.4 Å². The van der Waals surface area contributed by atoms with Crippen LogP contribution in [0.2, 0.25) is 0 Å². The van der Waals surface area contributed by atoms with E-state index in [9.17, 15) is 0 Å². The largest absolute Gasteiger partial charge is 0.362 e. The van der Waals surface area contributed by atoms with Crippen LogP contribution >= 0.6 is 0 Å². The number of anilines is 1. The highest BCUT2D eigenvalue weighted by Crippen LogP contribution is 2.39. The third-order valence-corrected chi connectivity index (χ3v) is 9.04. The molecule has 9 heteroatoms. The average molecular weight is 575 g/mol. The highest BCUT2D eigenvalue weighted by Gasteiger charge is 2.42. The summed E-state index contributed by atoms with van der Waals surface area (Å²) in [6.07, 6.45) is 8.64. The van der Waals surface area contributed by atoms with Crippen LogP contribution in [0.25, 0.3) is 22.5 Å². The van der Waals surface area contributed by atoms with E-state index < -0.39 is 0 Å². The van der Waals surface area contributed by atoms with Gasteiger partial charge in [0.25, 0.3) is 0 Å². The molecule has 9 nitrogen and oxygen atoms in total. The zero-order valence-electron chi connectivity index (χ0n) is 24.8. The molecule has 3 aliphatic rings. The standard InChI is InChI=1S/C34H38N8O/c1-24(43-2)42-23-40(28-13-7-4-8-14-28)22-31-34(42)35-33(27-11-5-3-6-12-27)41(31)21-25-17-19-26(20-18-25)29-15-9-10-16-30(29)32-36-38-39-37-32/h4,7-10,13-20,22,24,27,33H,3,5-6,11-12,21,23H2,1-2H3,(H,36,37,38,39). The van der Waals surface area contributed by atoms with Crippen LogP contribution < -0.4 is 4.90 Å². The number of amidine groups is 1. The molecular weight excluding hydrogens is 536 g/mol. The minimum absolute atomic E-state index is 0.0980. The number of aromatic amines is 1. The third kappa shape index (κ3) is 5.41. The van der Waals surface area contributed by atoms with Crippen LogP contribution in [0, 0.1) is 5.92 Å². The smallest absolute Gasteiger partial charge is 0.205 e. The summed E-state index contributed by atoms with van der Waals surface area (Å²) < 4.78 is 5.87. The summed E-state index contributed by atoms with van der Waals surface area (Å²) in [6, 6.07) is 27.7. The van der Waals surface area contributed by atoms with Crippen molar-refractivity contribution < 1.29 is 4.74 Å². The van der Waals surface area contributed by atoms with Crippen molar-refractivity contribution in [2.45, 2.75) is 58.0 Å². The molecule has 2 unspecified atom stereocenters. The van der Waals surface area contributed by atoms with Gasteiger partial charge in [0.15, 0.2) is 5.84 Å². The molecule has 3 heterocycles. The van der Waals surface area contributed by atoms with Crippen LogP contribution in [0.3, 0.4) is 0 Å². The number of nitrogens with one attached hydrogen (secondary N) is 1. The Kier molecular flexibility index (Phi) is 7.64. The molecule has 43 heavy (non-hydrogen) atoms. The zero-order valence-corrected chi connectivity index (χ0v) is 24.8. The lowest BCUT2D eigenvalue weighted by Gasteiger charge is -2.41. The van der Waals surface area contributed by atoms with E-state index >= 15 is 0 Å². The number of rotatable bonds is 8. The quantitative estimate of drug-likeness (QED) is 0.266. The van der Waals surface area contributed by atoms with Crippen LogP contribution in [0.15, 0.2) is 95.8 Å². The molecule has 1 saturated carbocycles. The van der Waals surface area contributed by atoms with E-state index in [-0.39, 0.29) is 12.4 Å². The van der Waals surface area contributed by atoms with Crippen molar-refractivity contribution in [3.63, 3.8) is 0 Å². The van der Waals surface area contributed by atoms with Crippen molar-refractivity contribution >= 4 is 11.5 Å². The minimum atomic E-state index is -0.0980. The summed E-state index contributed by atoms with van der Waals surface area (Å²) >= 11 is 0. The first-order valence-electron chi connectivity index (χ1n) is 15.3. The molecule has 1 aliphatic carbocycles. The highest BCUT2D eigenvalue weighted by molar-refractivity contribution is 6.01. The Labute approximate surface area is 252 Å². The lowest BCUT2D eigenvalue weighted by molar-refractivity contribution is 0.0222. The Morgan fingerprint density at radius 2 is 1.65 bits per heavy atom. The molecule has 0 saturated heterocycles. The molecule has 0 amide bonds. The van der Waals surface area contributed by atoms with Gasteiger partial charge in [0.2, 0.25) is 5.82 Å². The van der Waals surface area contributed by atoms with Gasteiger partial charge in [-0.25, -0.2) is 4.99 Å². The number of para-hydroxylation sites is 1. The molecule has 0 spiro atoms. The molecule has 0 radical (unpaired) electrons. The molecule has 1 N–H and O–H groups in total. The van der Waals surface area contributed by atoms with Gasteiger partial charge in [-0.1, -0.05) is 86.0 Å². The number of fused-ring (bicyclic) bond motifs is 1. The number of ether oxygens (including phenoxy) is 1. The molecule has 0 bridgehead atoms. The summed E-state index contributed by atoms with van der Waals surface area (Å²) in [4.78, 5) is 12.6. The van der Waals surface area contributed by atoms with E-state index in [1.54, 1.807) is 7.11 Å². The second-order valence-corrected chi connectivity index (χ2v) is 11.6. The predicted molar refractivity (Wildman–Crippen MR) is 169 cm³/mol. The van der Waals surface area contributed by atoms with Crippen molar-refractivity contribution in [2.24, 2.45) is 10.9 Å². The molecule has 220 valence electrons. The number of tetrazole rings is 1. The van der Waals surface area contributed by atoms with E-state index in [0.717, 1.165) is 34.8 Å². The molecule has 1 aromatic heterocycles. The third-order valence-electron chi connectivity index (χ3n) is 9.04. The molecule has 2 aliphatic heterocycles. The predicted octanol–water partition coefficient (Wildman–Crippen LogP) is 6.27. The second-order valence-electron chi connectivity index (χ2n) is 11.6. The number of hydrogen-bond acceptors (Lipinski definition) is 8. The van der Waals surface area contributed by atoms with E-state index in [1.807, 2.05) is 18.2 Å². The Bertz CT molecular complexity index is 1580. The molecule has 3 aromatic carbocycles. The Balaban J connectivity index is 1.23. The summed E-state index contributed by atoms with van der Waals surface area (Å²) in [6.45, 7) is 3.59. The Morgan fingerprint density at radius 1 is 0.907 bits per heavy atom. The monoisotopic (exact) mass is 574 g/mol. The number of nitrogens with zero attached hydrogens (tertiary/aromatic N) is 7. The molecular formula is C34H38N8O. The molecule has 1 fully saturated rings. The van der Waals surface area contributed by atoms with Gasteiger partial charge in [-0.15, -0.1) is 10.2 Å². The number of aromatic nitrogens is 4. The first kappa shape index (κ1) is 27.3. The van der Waals surface area contributed by atoms with Gasteiger partial charge >= 0.3 is 0 Å². The number of aliphatic imine (C=N–C) groups is 1. The van der Waals surface area contributed by atoms with Gasteiger partial charge in [-0.2, -0.15) is 5.21 Å². The molecule has 2 atom stereocenters. The van der Waals surface area contributed by atoms with Gasteiger partial charge in [0, 0.05) is 31.1 Å². The van der Waals surface area contributed by atoms with Gasteiger partial charge in [-0.05, 0) is 59.7 Å². The zero-order chi connectivity index (χ0) is 29.2. The van der Waals surface area contributed by atoms with E-state index in [0.29, 0.717) is 18.4 Å². The lowest BCUT2D eigenvalue weighted by Crippen LogP contribution is -2.50. The number of hydrogen-bond donors (Lipinski definition) is 1. The van der Waals surface area contributed by atoms with Crippen molar-refractivity contribution in [3.05, 3.63) is 96.3 Å². The summed E-state index contributed by atoms with van der Waals surface area (Å²) in [5.74, 6) is 2.18. The average Bonchev–Trinajstić information content (AvgIpc) is 3.74. The Morgan fingerprint density at radius 3 is 2.37 bits per heavy atom. The lowest BCUT2D eigenvalue weighted by atomic mass is 9.86. The van der Waals surface area contributed by atoms with E-state index in [2.05, 4.69) is 109 Å². The summed E-state index contributed by atoms with van der Waals surface area (Å²) in [7, 11) is 1.78. The SMILES string of the molecule is COC(C)N1CN(c2ccccc2)C=C2C1=NC(C1CCCCC1)N2Cc1ccc(-c2ccccc2-c2nn[nH]n2)cc1. The molecule has 7 rings (SSSR count). The van der Waals surface area contributed by atoms with Crippen molar-refractivity contribution in [2.75, 3.05) is 18.7 Å². The number of methoxy groups -OCH3 is 1. The van der Waals surface area contributed by atoms with Gasteiger partial charge in [0.1, 0.15) is 12.4 Å². The van der Waals surface area contributed by atoms with Crippen molar-refractivity contribution in [3.8, 4) is 22.5 Å². The first-order valence-corrected chi connectivity index (χ1v) is 15.3. The van der Waals surface area contributed by atoms with Gasteiger partial charge in [-0.3, -0.25) is 0 Å². The van der Waals surface area contributed by atoms with Crippen molar-refractivity contribution in [1.29, 1.82) is 0 Å². The molecule has 4 aromatic rings. The fourth-order valence-corrected chi connectivity index (χ4v) is 6.66. The van der Waals surface area contributed by atoms with Gasteiger partial charge < -0.3 is 19.4 Å². The fourth-order valence-electron chi connectivity index (χ4n) is 6.66. The van der Waals surface area contributed by atoms with Gasteiger partial charge in [0.05, 0.1) is 12.4 Å². The Hall–Kier alpha value is -4.50. The highest BCUT2D eigenvalue weighted by atomic mass is 16.5. The topological polar surface area (TPSA) is 85.8 Å². The number of H-pyrrole nitrogens is 1. The minimum Gasteiger partial charge on any atom is -0.362 e. The maximum absolute atomic E-state index is 5.87. The number of benzene rings is 3. The first-order chi connectivity index (χ1) is 21.2. The van der Waals surface area contributed by atoms with Crippen LogP contribution in [0.4, 0.5) is 5.69 Å². The van der Waals surface area contributed by atoms with Crippen molar-refractivity contribution in [1.82, 2.24) is 30.4 Å². The maximum atomic E-state index is 5.87. The van der Waals surface area contributed by atoms with Crippen LogP contribution in [0.1, 0.15) is 44.6 Å². The van der Waals surface area contributed by atoms with Crippen LogP contribution in [-0.4, -0.2) is 62.4 Å². The summed E-state index contributed by atoms with van der Waals surface area (Å²) in [5, 5.41) is 14.8. The summed E-state index contributed by atoms with van der Waals surface area (Å²) in [5.41, 5.74) is 6.74. The van der Waals surface area contributed by atoms with Crippen LogP contribution in [-0.2, 0) is 11.3 Å². The fraction of sp³-hybridized carbons (Fsp3) is 0.353. The van der Waals surface area contributed by atoms with Crippen LogP contribution in [0.5, 0.6) is 0 Å². The van der Waals surface area contributed by atoms with E-state index in [4.69, 9.17) is 9.73 Å². The normalized spacial score (nSPS) is 19.7. The second kappa shape index (κ2) is 12.0.